The smallest absolute Gasteiger partial charge is 0.118 e. The summed E-state index contributed by atoms with van der Waals surface area (Å²) >= 11 is 1.91. The van der Waals surface area contributed by atoms with Crippen LogP contribution in [0.2, 0.25) is 0 Å². The van der Waals surface area contributed by atoms with Crippen molar-refractivity contribution in [2.45, 2.75) is 5.25 Å². The Bertz CT molecular complexity index is 314. The molecule has 0 aliphatic rings. The van der Waals surface area contributed by atoms with Crippen molar-refractivity contribution < 1.29 is 4.74 Å². The van der Waals surface area contributed by atoms with Crippen molar-refractivity contribution in [3.8, 4) is 5.75 Å². The molecule has 0 heterocycles. The molecule has 1 aromatic carbocycles. The molecule has 0 aromatic heterocycles. The molecule has 17 heavy (non-hydrogen) atoms. The molecular weight excluding hydrogens is 232 g/mol. The van der Waals surface area contributed by atoms with Gasteiger partial charge in [-0.1, -0.05) is 12.1 Å². The van der Waals surface area contributed by atoms with Crippen molar-refractivity contribution in [2.24, 2.45) is 5.73 Å². The van der Waals surface area contributed by atoms with E-state index < -0.39 is 0 Å². The predicted molar refractivity (Wildman–Crippen MR) is 75.8 cm³/mol. The molecule has 0 radical (unpaired) electrons. The summed E-state index contributed by atoms with van der Waals surface area (Å²) in [4.78, 5) is 2.19. The standard InChI is InChI=1S/C13H22N2OS/c1-15(2)8-9-17-13(10-14)11-4-6-12(16-3)7-5-11/h4-7,13H,8-10,14H2,1-3H3. The Morgan fingerprint density at radius 1 is 1.29 bits per heavy atom. The van der Waals surface area contributed by atoms with Crippen molar-refractivity contribution in [3.63, 3.8) is 0 Å². The molecule has 2 N–H and O–H groups in total. The summed E-state index contributed by atoms with van der Waals surface area (Å²) in [5.41, 5.74) is 7.10. The third kappa shape index (κ3) is 4.98. The maximum Gasteiger partial charge on any atom is 0.118 e. The van der Waals surface area contributed by atoms with Gasteiger partial charge in [-0.05, 0) is 31.8 Å². The Labute approximate surface area is 108 Å². The third-order valence-corrected chi connectivity index (χ3v) is 3.84. The van der Waals surface area contributed by atoms with Gasteiger partial charge in [0, 0.05) is 24.1 Å². The van der Waals surface area contributed by atoms with Crippen LogP contribution in [0.5, 0.6) is 5.75 Å². The highest BCUT2D eigenvalue weighted by Gasteiger charge is 2.10. The molecule has 0 saturated carbocycles. The largest absolute Gasteiger partial charge is 0.497 e. The van der Waals surface area contributed by atoms with E-state index in [1.165, 1.54) is 5.56 Å². The van der Waals surface area contributed by atoms with Gasteiger partial charge in [0.25, 0.3) is 0 Å². The van der Waals surface area contributed by atoms with Crippen LogP contribution in [0, 0.1) is 0 Å². The second-order valence-electron chi connectivity index (χ2n) is 4.17. The Morgan fingerprint density at radius 2 is 1.94 bits per heavy atom. The Hall–Kier alpha value is -0.710. The van der Waals surface area contributed by atoms with E-state index in [0.717, 1.165) is 18.0 Å². The maximum absolute atomic E-state index is 5.83. The van der Waals surface area contributed by atoms with Gasteiger partial charge in [-0.2, -0.15) is 11.8 Å². The first-order valence-corrected chi connectivity index (χ1v) is 6.82. The van der Waals surface area contributed by atoms with Gasteiger partial charge in [0.2, 0.25) is 0 Å². The number of methoxy groups -OCH3 is 1. The molecule has 0 amide bonds. The fourth-order valence-electron chi connectivity index (χ4n) is 1.50. The highest BCUT2D eigenvalue weighted by Crippen LogP contribution is 2.28. The number of nitrogens with zero attached hydrogens (tertiary/aromatic N) is 1. The lowest BCUT2D eigenvalue weighted by molar-refractivity contribution is 0.414. The molecule has 0 bridgehead atoms. The molecule has 96 valence electrons. The zero-order valence-corrected chi connectivity index (χ0v) is 11.7. The zero-order valence-electron chi connectivity index (χ0n) is 10.8. The quantitative estimate of drug-likeness (QED) is 0.807. The number of hydrogen-bond donors (Lipinski definition) is 1. The molecule has 0 fully saturated rings. The normalized spacial score (nSPS) is 12.8. The molecule has 0 spiro atoms. The van der Waals surface area contributed by atoms with E-state index in [1.54, 1.807) is 7.11 Å². The van der Waals surface area contributed by atoms with Crippen LogP contribution in [-0.2, 0) is 0 Å². The van der Waals surface area contributed by atoms with Crippen LogP contribution in [0.25, 0.3) is 0 Å². The topological polar surface area (TPSA) is 38.5 Å². The molecule has 1 atom stereocenters. The van der Waals surface area contributed by atoms with Crippen molar-refractivity contribution >= 4 is 11.8 Å². The van der Waals surface area contributed by atoms with Crippen LogP contribution < -0.4 is 10.5 Å². The fourth-order valence-corrected chi connectivity index (χ4v) is 2.74. The van der Waals surface area contributed by atoms with E-state index in [9.17, 15) is 0 Å². The summed E-state index contributed by atoms with van der Waals surface area (Å²) in [6, 6.07) is 8.17. The van der Waals surface area contributed by atoms with Gasteiger partial charge in [0.15, 0.2) is 0 Å². The van der Waals surface area contributed by atoms with Gasteiger partial charge in [-0.25, -0.2) is 0 Å². The van der Waals surface area contributed by atoms with E-state index in [1.807, 2.05) is 23.9 Å². The van der Waals surface area contributed by atoms with Crippen molar-refractivity contribution in [3.05, 3.63) is 29.8 Å². The van der Waals surface area contributed by atoms with Crippen LogP contribution in [-0.4, -0.2) is 44.9 Å². The highest BCUT2D eigenvalue weighted by atomic mass is 32.2. The van der Waals surface area contributed by atoms with Gasteiger partial charge in [-0.15, -0.1) is 0 Å². The van der Waals surface area contributed by atoms with E-state index >= 15 is 0 Å². The number of rotatable bonds is 7. The second kappa shape index (κ2) is 7.58. The molecule has 1 unspecified atom stereocenters. The first-order valence-electron chi connectivity index (χ1n) is 5.77. The Balaban J connectivity index is 2.53. The lowest BCUT2D eigenvalue weighted by Crippen LogP contribution is -2.17. The minimum atomic E-state index is 0.376. The van der Waals surface area contributed by atoms with Gasteiger partial charge < -0.3 is 15.4 Å². The molecule has 0 aliphatic heterocycles. The summed E-state index contributed by atoms with van der Waals surface area (Å²) in [7, 11) is 5.86. The van der Waals surface area contributed by atoms with Crippen LogP contribution >= 0.6 is 11.8 Å². The number of hydrogen-bond acceptors (Lipinski definition) is 4. The summed E-state index contributed by atoms with van der Waals surface area (Å²) in [5, 5.41) is 0.376. The average molecular weight is 254 g/mol. The Kier molecular flexibility index (Phi) is 6.40. The SMILES string of the molecule is COc1ccc(C(CN)SCCN(C)C)cc1. The third-order valence-electron chi connectivity index (χ3n) is 2.56. The molecule has 1 aromatic rings. The summed E-state index contributed by atoms with van der Waals surface area (Å²) in [6.45, 7) is 1.75. The van der Waals surface area contributed by atoms with Crippen LogP contribution in [0.1, 0.15) is 10.8 Å². The van der Waals surface area contributed by atoms with E-state index in [0.29, 0.717) is 11.8 Å². The van der Waals surface area contributed by atoms with Gasteiger partial charge in [-0.3, -0.25) is 0 Å². The van der Waals surface area contributed by atoms with Crippen LogP contribution in [0.15, 0.2) is 24.3 Å². The second-order valence-corrected chi connectivity index (χ2v) is 5.48. The van der Waals surface area contributed by atoms with Crippen molar-refractivity contribution in [2.75, 3.05) is 40.0 Å². The van der Waals surface area contributed by atoms with Gasteiger partial charge in [0.05, 0.1) is 7.11 Å². The molecule has 4 heteroatoms. The van der Waals surface area contributed by atoms with E-state index in [4.69, 9.17) is 10.5 Å². The molecule has 0 saturated heterocycles. The minimum Gasteiger partial charge on any atom is -0.497 e. The number of thioether (sulfide) groups is 1. The van der Waals surface area contributed by atoms with E-state index in [-0.39, 0.29) is 0 Å². The molecule has 3 nitrogen and oxygen atoms in total. The van der Waals surface area contributed by atoms with Crippen molar-refractivity contribution in [1.82, 2.24) is 4.90 Å². The lowest BCUT2D eigenvalue weighted by atomic mass is 10.1. The first kappa shape index (κ1) is 14.4. The fraction of sp³-hybridized carbons (Fsp3) is 0.538. The molecule has 0 aliphatic carbocycles. The number of ether oxygens (including phenoxy) is 1. The number of nitrogens with two attached hydrogens (primary N) is 1. The van der Waals surface area contributed by atoms with Crippen LogP contribution in [0.3, 0.4) is 0 Å². The van der Waals surface area contributed by atoms with E-state index in [2.05, 4.69) is 31.1 Å². The van der Waals surface area contributed by atoms with Crippen LogP contribution in [0.4, 0.5) is 0 Å². The molecule has 1 rings (SSSR count). The zero-order chi connectivity index (χ0) is 12.7. The highest BCUT2D eigenvalue weighted by molar-refractivity contribution is 7.99. The van der Waals surface area contributed by atoms with Gasteiger partial charge >= 0.3 is 0 Å². The predicted octanol–water partition coefficient (Wildman–Crippen LogP) is 1.99. The summed E-state index contributed by atoms with van der Waals surface area (Å²) < 4.78 is 5.15. The first-order chi connectivity index (χ1) is 8.17. The number of benzene rings is 1. The minimum absolute atomic E-state index is 0.376. The maximum atomic E-state index is 5.83. The monoisotopic (exact) mass is 254 g/mol. The summed E-state index contributed by atoms with van der Waals surface area (Å²) in [5.74, 6) is 1.99. The Morgan fingerprint density at radius 3 is 2.41 bits per heavy atom. The van der Waals surface area contributed by atoms with Crippen molar-refractivity contribution in [1.29, 1.82) is 0 Å². The van der Waals surface area contributed by atoms with Gasteiger partial charge in [0.1, 0.15) is 5.75 Å². The lowest BCUT2D eigenvalue weighted by Gasteiger charge is -2.17. The molecular formula is C13H22N2OS. The average Bonchev–Trinajstić information content (AvgIpc) is 2.34. The summed E-state index contributed by atoms with van der Waals surface area (Å²) in [6.07, 6.45) is 0.